The summed E-state index contributed by atoms with van der Waals surface area (Å²) in [6.07, 6.45) is -0.550. The van der Waals surface area contributed by atoms with Gasteiger partial charge < -0.3 is 24.6 Å². The van der Waals surface area contributed by atoms with Crippen molar-refractivity contribution in [1.82, 2.24) is 0 Å². The summed E-state index contributed by atoms with van der Waals surface area (Å²) in [6.45, 7) is 8.00. The molecule has 0 fully saturated rings. The number of benzene rings is 2. The van der Waals surface area contributed by atoms with Gasteiger partial charge >= 0.3 is 0 Å². The van der Waals surface area contributed by atoms with Crippen LogP contribution in [-0.2, 0) is 12.0 Å². The van der Waals surface area contributed by atoms with Crippen molar-refractivity contribution in [3.63, 3.8) is 0 Å². The van der Waals surface area contributed by atoms with Gasteiger partial charge in [-0.3, -0.25) is 0 Å². The van der Waals surface area contributed by atoms with E-state index in [0.717, 1.165) is 34.9 Å². The molecule has 1 atom stereocenters. The van der Waals surface area contributed by atoms with Gasteiger partial charge in [0.2, 0.25) is 0 Å². The van der Waals surface area contributed by atoms with Crippen molar-refractivity contribution in [2.24, 2.45) is 0 Å². The van der Waals surface area contributed by atoms with E-state index in [-0.39, 0.29) is 12.0 Å². The van der Waals surface area contributed by atoms with Gasteiger partial charge in [-0.2, -0.15) is 0 Å². The minimum absolute atomic E-state index is 0.0761. The van der Waals surface area contributed by atoms with Gasteiger partial charge in [-0.05, 0) is 35.7 Å². The molecule has 148 valence electrons. The highest BCUT2D eigenvalue weighted by Gasteiger charge is 2.21. The molecule has 5 nitrogen and oxygen atoms in total. The normalized spacial score (nSPS) is 12.5. The van der Waals surface area contributed by atoms with Crippen molar-refractivity contribution >= 4 is 0 Å². The highest BCUT2D eigenvalue weighted by molar-refractivity contribution is 5.44. The lowest BCUT2D eigenvalue weighted by Gasteiger charge is -2.24. The standard InChI is InChI=1S/C22H31NO4/c1-22(2,3)20-12-19(26-5)9-10-21(20)27-15-17(24)14-23-13-16-7-6-8-18(11-16)25-4/h6-12,17,23-24H,13-15H2,1-5H3/p+1/t17-/m0/s1. The smallest absolute Gasteiger partial charge is 0.137 e. The lowest BCUT2D eigenvalue weighted by Crippen LogP contribution is -2.85. The molecule has 0 spiro atoms. The third-order valence-corrected chi connectivity index (χ3v) is 4.38. The molecule has 2 aromatic carbocycles. The largest absolute Gasteiger partial charge is 0.497 e. The molecule has 0 radical (unpaired) electrons. The monoisotopic (exact) mass is 374 g/mol. The topological polar surface area (TPSA) is 64.5 Å². The Hall–Kier alpha value is -2.24. The molecule has 0 unspecified atom stereocenters. The fourth-order valence-corrected chi connectivity index (χ4v) is 2.84. The Bertz CT molecular complexity index is 724. The minimum Gasteiger partial charge on any atom is -0.497 e. The maximum atomic E-state index is 10.3. The first-order chi connectivity index (χ1) is 12.8. The van der Waals surface area contributed by atoms with Crippen LogP contribution in [0, 0.1) is 0 Å². The highest BCUT2D eigenvalue weighted by atomic mass is 16.5. The van der Waals surface area contributed by atoms with Gasteiger partial charge in [-0.25, -0.2) is 0 Å². The van der Waals surface area contributed by atoms with Crippen LogP contribution in [0.1, 0.15) is 31.9 Å². The van der Waals surface area contributed by atoms with Crippen LogP contribution in [0.15, 0.2) is 42.5 Å². The molecule has 0 heterocycles. The van der Waals surface area contributed by atoms with Crippen LogP contribution in [0.25, 0.3) is 0 Å². The first-order valence-corrected chi connectivity index (χ1v) is 9.27. The molecule has 0 aromatic heterocycles. The molecule has 0 aliphatic carbocycles. The van der Waals surface area contributed by atoms with Crippen molar-refractivity contribution in [2.45, 2.75) is 38.8 Å². The van der Waals surface area contributed by atoms with E-state index in [1.54, 1.807) is 14.2 Å². The molecule has 2 aromatic rings. The number of nitrogens with two attached hydrogens (primary N) is 1. The number of hydrogen-bond acceptors (Lipinski definition) is 4. The zero-order chi connectivity index (χ0) is 19.9. The van der Waals surface area contributed by atoms with Crippen molar-refractivity contribution in [2.75, 3.05) is 27.4 Å². The van der Waals surface area contributed by atoms with Gasteiger partial charge in [0.15, 0.2) is 0 Å². The van der Waals surface area contributed by atoms with Crippen LogP contribution in [0.2, 0.25) is 0 Å². The molecular formula is C22H32NO4+. The number of hydrogen-bond donors (Lipinski definition) is 2. The fourth-order valence-electron chi connectivity index (χ4n) is 2.84. The zero-order valence-corrected chi connectivity index (χ0v) is 17.0. The van der Waals surface area contributed by atoms with Crippen LogP contribution in [0.3, 0.4) is 0 Å². The highest BCUT2D eigenvalue weighted by Crippen LogP contribution is 2.34. The van der Waals surface area contributed by atoms with Crippen LogP contribution in [0.5, 0.6) is 17.2 Å². The Morgan fingerprint density at radius 1 is 1.00 bits per heavy atom. The van der Waals surface area contributed by atoms with Gasteiger partial charge in [-0.15, -0.1) is 0 Å². The van der Waals surface area contributed by atoms with Gasteiger partial charge in [0.05, 0.1) is 14.2 Å². The Balaban J connectivity index is 1.87. The third-order valence-electron chi connectivity index (χ3n) is 4.38. The van der Waals surface area contributed by atoms with Gasteiger partial charge in [0.25, 0.3) is 0 Å². The van der Waals surface area contributed by atoms with E-state index in [9.17, 15) is 5.11 Å². The summed E-state index contributed by atoms with van der Waals surface area (Å²) in [5, 5.41) is 12.3. The summed E-state index contributed by atoms with van der Waals surface area (Å²) in [7, 11) is 3.32. The van der Waals surface area contributed by atoms with Gasteiger partial charge in [0, 0.05) is 11.1 Å². The number of quaternary nitrogens is 1. The third kappa shape index (κ3) is 6.45. The first kappa shape index (κ1) is 21.1. The Labute approximate surface area is 162 Å². The number of aliphatic hydroxyl groups excluding tert-OH is 1. The maximum Gasteiger partial charge on any atom is 0.137 e. The van der Waals surface area contributed by atoms with E-state index in [1.807, 2.05) is 36.4 Å². The van der Waals surface area contributed by atoms with E-state index < -0.39 is 6.10 Å². The molecule has 0 saturated heterocycles. The summed E-state index contributed by atoms with van der Waals surface area (Å²) in [5.41, 5.74) is 2.15. The molecule has 0 bridgehead atoms. The summed E-state index contributed by atoms with van der Waals surface area (Å²) >= 11 is 0. The summed E-state index contributed by atoms with van der Waals surface area (Å²) in [4.78, 5) is 0. The predicted molar refractivity (Wildman–Crippen MR) is 107 cm³/mol. The van der Waals surface area contributed by atoms with Crippen LogP contribution >= 0.6 is 0 Å². The second-order valence-electron chi connectivity index (χ2n) is 7.66. The van der Waals surface area contributed by atoms with E-state index in [1.165, 1.54) is 0 Å². The Morgan fingerprint density at radius 3 is 2.37 bits per heavy atom. The predicted octanol–water partition coefficient (Wildman–Crippen LogP) is 2.50. The molecule has 3 N–H and O–H groups in total. The zero-order valence-electron chi connectivity index (χ0n) is 17.0. The molecule has 27 heavy (non-hydrogen) atoms. The fraction of sp³-hybridized carbons (Fsp3) is 0.455. The van der Waals surface area contributed by atoms with Crippen LogP contribution in [0.4, 0.5) is 0 Å². The molecule has 0 aliphatic heterocycles. The van der Waals surface area contributed by atoms with Gasteiger partial charge in [-0.1, -0.05) is 32.9 Å². The van der Waals surface area contributed by atoms with Crippen LogP contribution < -0.4 is 19.5 Å². The quantitative estimate of drug-likeness (QED) is 0.708. The van der Waals surface area contributed by atoms with E-state index in [0.29, 0.717) is 6.54 Å². The summed E-state index contributed by atoms with van der Waals surface area (Å²) < 4.78 is 16.5. The Kier molecular flexibility index (Phi) is 7.51. The van der Waals surface area contributed by atoms with Crippen molar-refractivity contribution < 1.29 is 24.6 Å². The SMILES string of the molecule is COc1cccc(C[NH2+]C[C@H](O)COc2ccc(OC)cc2C(C)(C)C)c1. The average Bonchev–Trinajstić information content (AvgIpc) is 2.65. The average molecular weight is 375 g/mol. The Morgan fingerprint density at radius 2 is 1.70 bits per heavy atom. The number of rotatable bonds is 9. The van der Waals surface area contributed by atoms with E-state index >= 15 is 0 Å². The number of ether oxygens (including phenoxy) is 3. The summed E-state index contributed by atoms with van der Waals surface area (Å²) in [6, 6.07) is 13.7. The maximum absolute atomic E-state index is 10.3. The number of methoxy groups -OCH3 is 2. The van der Waals surface area contributed by atoms with E-state index in [2.05, 4.69) is 32.2 Å². The second-order valence-corrected chi connectivity index (χ2v) is 7.66. The molecule has 0 saturated carbocycles. The molecular weight excluding hydrogens is 342 g/mol. The molecule has 0 amide bonds. The molecule has 0 aliphatic rings. The van der Waals surface area contributed by atoms with Crippen molar-refractivity contribution in [3.05, 3.63) is 53.6 Å². The first-order valence-electron chi connectivity index (χ1n) is 9.27. The van der Waals surface area contributed by atoms with Gasteiger partial charge in [0.1, 0.15) is 43.0 Å². The molecule has 5 heteroatoms. The lowest BCUT2D eigenvalue weighted by atomic mass is 9.86. The second kappa shape index (κ2) is 9.62. The molecule has 2 rings (SSSR count). The summed E-state index contributed by atoms with van der Waals surface area (Å²) in [5.74, 6) is 2.44. The number of aliphatic hydroxyl groups is 1. The minimum atomic E-state index is -0.550. The van der Waals surface area contributed by atoms with Crippen molar-refractivity contribution in [1.29, 1.82) is 0 Å². The lowest BCUT2D eigenvalue weighted by molar-refractivity contribution is -0.676. The van der Waals surface area contributed by atoms with Crippen molar-refractivity contribution in [3.8, 4) is 17.2 Å². The van der Waals surface area contributed by atoms with Crippen LogP contribution in [-0.4, -0.2) is 38.6 Å². The van der Waals surface area contributed by atoms with E-state index in [4.69, 9.17) is 14.2 Å².